The third-order valence-corrected chi connectivity index (χ3v) is 7.46. The number of nitrogens with zero attached hydrogens (tertiary/aromatic N) is 2. The molecule has 3 aliphatic heterocycles. The number of fused-ring (bicyclic) bond motifs is 2. The van der Waals surface area contributed by atoms with Crippen molar-refractivity contribution in [3.8, 4) is 5.75 Å². The first-order valence-electron chi connectivity index (χ1n) is 13.7. The van der Waals surface area contributed by atoms with Gasteiger partial charge in [0.15, 0.2) is 0 Å². The molecule has 3 aliphatic rings. The van der Waals surface area contributed by atoms with Crippen LogP contribution < -0.4 is 4.74 Å². The third-order valence-electron chi connectivity index (χ3n) is 7.46. The Labute approximate surface area is 210 Å². The summed E-state index contributed by atoms with van der Waals surface area (Å²) >= 11 is 0. The number of hydrogen-bond acceptors (Lipinski definition) is 5. The van der Waals surface area contributed by atoms with E-state index in [0.717, 1.165) is 58.1 Å². The second-order valence-electron chi connectivity index (χ2n) is 10.1. The van der Waals surface area contributed by atoms with Crippen LogP contribution >= 0.6 is 0 Å². The van der Waals surface area contributed by atoms with Gasteiger partial charge in [-0.1, -0.05) is 37.8 Å². The minimum Gasteiger partial charge on any atom is -0.485 e. The lowest BCUT2D eigenvalue weighted by molar-refractivity contribution is -0.134. The number of carbonyl (C=O) groups is 2. The monoisotopic (exact) mass is 486 g/mol. The molecular weight excluding hydrogens is 444 g/mol. The third kappa shape index (κ3) is 7.20. The molecule has 194 valence electrons. The van der Waals surface area contributed by atoms with Crippen LogP contribution in [0.15, 0.2) is 24.3 Å². The number of rotatable bonds is 3. The van der Waals surface area contributed by atoms with Crippen LogP contribution in [0.3, 0.4) is 0 Å². The maximum Gasteiger partial charge on any atom is 0.257 e. The summed E-state index contributed by atoms with van der Waals surface area (Å²) in [6.45, 7) is 5.87. The Balaban J connectivity index is 1.49. The Bertz CT molecular complexity index is 825. The van der Waals surface area contributed by atoms with Gasteiger partial charge in [0.2, 0.25) is 5.91 Å². The number of amides is 2. The lowest BCUT2D eigenvalue weighted by Gasteiger charge is -2.25. The van der Waals surface area contributed by atoms with E-state index >= 15 is 0 Å². The summed E-state index contributed by atoms with van der Waals surface area (Å²) < 4.78 is 18.5. The number of benzene rings is 1. The van der Waals surface area contributed by atoms with E-state index < -0.39 is 0 Å². The molecule has 0 saturated carbocycles. The van der Waals surface area contributed by atoms with Gasteiger partial charge in [-0.3, -0.25) is 9.59 Å². The zero-order valence-corrected chi connectivity index (χ0v) is 21.3. The van der Waals surface area contributed by atoms with Crippen LogP contribution in [0.2, 0.25) is 0 Å². The lowest BCUT2D eigenvalue weighted by atomic mass is 10.1. The Morgan fingerprint density at radius 3 is 2.43 bits per heavy atom. The molecule has 2 fully saturated rings. The first-order valence-corrected chi connectivity index (χ1v) is 13.7. The van der Waals surface area contributed by atoms with Crippen LogP contribution in [-0.4, -0.2) is 79.3 Å². The highest BCUT2D eigenvalue weighted by molar-refractivity contribution is 5.97. The molecule has 7 heteroatoms. The Morgan fingerprint density at radius 2 is 1.63 bits per heavy atom. The van der Waals surface area contributed by atoms with Crippen LogP contribution in [0.5, 0.6) is 5.75 Å². The molecule has 35 heavy (non-hydrogen) atoms. The van der Waals surface area contributed by atoms with E-state index in [4.69, 9.17) is 14.2 Å². The number of ether oxygens (including phenoxy) is 3. The van der Waals surface area contributed by atoms with Gasteiger partial charge < -0.3 is 24.0 Å². The van der Waals surface area contributed by atoms with E-state index in [9.17, 15) is 9.59 Å². The van der Waals surface area contributed by atoms with Crippen molar-refractivity contribution < 1.29 is 23.8 Å². The molecule has 1 aromatic carbocycles. The molecule has 0 bridgehead atoms. The van der Waals surface area contributed by atoms with Crippen LogP contribution in [-0.2, 0) is 14.3 Å². The van der Waals surface area contributed by atoms with E-state index in [1.165, 1.54) is 12.8 Å². The van der Waals surface area contributed by atoms with Crippen LogP contribution in [0.1, 0.15) is 81.5 Å². The first-order chi connectivity index (χ1) is 17.2. The predicted octanol–water partition coefficient (Wildman–Crippen LogP) is 4.44. The minimum absolute atomic E-state index is 0.00744. The standard InChI is InChI=1S/C28H42N2O5/c1-2-29-16-10-5-3-4-6-11-18-34-25-20-30(27(31)19-22-13-9-12-17-33-22)21-26(25)35-24-15-8-7-14-23(24)28(29)32/h7-8,14-15,22,25-26H,2-6,9-13,16-21H2,1H3/t22?,25-,26-/m1/s1. The average Bonchev–Trinajstić information content (AvgIpc) is 3.28. The van der Waals surface area contributed by atoms with Gasteiger partial charge in [-0.2, -0.15) is 0 Å². The zero-order valence-electron chi connectivity index (χ0n) is 21.3. The number of carbonyl (C=O) groups excluding carboxylic acids is 2. The van der Waals surface area contributed by atoms with Crippen LogP contribution in [0.4, 0.5) is 0 Å². The van der Waals surface area contributed by atoms with Crippen molar-refractivity contribution >= 4 is 11.8 Å². The number of hydrogen-bond donors (Lipinski definition) is 0. The molecule has 3 atom stereocenters. The van der Waals surface area contributed by atoms with Gasteiger partial charge in [-0.05, 0) is 51.2 Å². The van der Waals surface area contributed by atoms with Gasteiger partial charge >= 0.3 is 0 Å². The summed E-state index contributed by atoms with van der Waals surface area (Å²) in [5, 5.41) is 0. The molecule has 0 aromatic heterocycles. The molecule has 0 aliphatic carbocycles. The van der Waals surface area contributed by atoms with Crippen molar-refractivity contribution in [3.63, 3.8) is 0 Å². The topological polar surface area (TPSA) is 68.3 Å². The van der Waals surface area contributed by atoms with Gasteiger partial charge in [0.25, 0.3) is 5.91 Å². The number of para-hydroxylation sites is 1. The lowest BCUT2D eigenvalue weighted by Crippen LogP contribution is -2.35. The SMILES string of the molecule is CCN1CCCCCCCCO[C@@H]2CN(C(=O)CC3CCCCO3)C[C@H]2Oc2ccccc2C1=O. The quantitative estimate of drug-likeness (QED) is 0.632. The second kappa shape index (κ2) is 13.3. The molecule has 2 amide bonds. The number of likely N-dealkylation sites (tertiary alicyclic amines) is 1. The van der Waals surface area contributed by atoms with Gasteiger partial charge in [-0.25, -0.2) is 0 Å². The minimum atomic E-state index is -0.303. The Kier molecular flexibility index (Phi) is 9.83. The van der Waals surface area contributed by atoms with E-state index in [-0.39, 0.29) is 30.1 Å². The summed E-state index contributed by atoms with van der Waals surface area (Å²) in [6, 6.07) is 7.49. The van der Waals surface area contributed by atoms with Gasteiger partial charge in [0, 0.05) is 26.3 Å². The maximum atomic E-state index is 13.4. The highest BCUT2D eigenvalue weighted by Gasteiger charge is 2.39. The van der Waals surface area contributed by atoms with E-state index in [0.29, 0.717) is 44.0 Å². The van der Waals surface area contributed by atoms with Crippen molar-refractivity contribution in [2.45, 2.75) is 89.4 Å². The summed E-state index contributed by atoms with van der Waals surface area (Å²) in [4.78, 5) is 30.3. The Morgan fingerprint density at radius 1 is 0.914 bits per heavy atom. The molecular formula is C28H42N2O5. The Hall–Kier alpha value is -2.12. The molecule has 1 unspecified atom stereocenters. The summed E-state index contributed by atoms with van der Waals surface area (Å²) in [7, 11) is 0. The van der Waals surface area contributed by atoms with Crippen molar-refractivity contribution in [1.82, 2.24) is 9.80 Å². The molecule has 7 nitrogen and oxygen atoms in total. The second-order valence-corrected chi connectivity index (χ2v) is 10.1. The predicted molar refractivity (Wildman–Crippen MR) is 135 cm³/mol. The molecule has 0 N–H and O–H groups in total. The summed E-state index contributed by atoms with van der Waals surface area (Å²) in [5.41, 5.74) is 0.584. The van der Waals surface area contributed by atoms with E-state index in [2.05, 4.69) is 0 Å². The van der Waals surface area contributed by atoms with Gasteiger partial charge in [0.05, 0.1) is 31.2 Å². The highest BCUT2D eigenvalue weighted by atomic mass is 16.5. The largest absolute Gasteiger partial charge is 0.485 e. The van der Waals surface area contributed by atoms with Gasteiger partial charge in [0.1, 0.15) is 18.0 Å². The van der Waals surface area contributed by atoms with E-state index in [1.54, 1.807) is 0 Å². The zero-order chi connectivity index (χ0) is 24.5. The molecule has 0 spiro atoms. The fourth-order valence-corrected chi connectivity index (χ4v) is 5.34. The van der Waals surface area contributed by atoms with Gasteiger partial charge in [-0.15, -0.1) is 0 Å². The fraction of sp³-hybridized carbons (Fsp3) is 0.714. The summed E-state index contributed by atoms with van der Waals surface area (Å²) in [5.74, 6) is 0.684. The van der Waals surface area contributed by atoms with Crippen molar-refractivity contribution in [3.05, 3.63) is 29.8 Å². The first kappa shape index (κ1) is 26.0. The molecule has 2 saturated heterocycles. The molecule has 4 rings (SSSR count). The average molecular weight is 487 g/mol. The van der Waals surface area contributed by atoms with Crippen molar-refractivity contribution in [1.29, 1.82) is 0 Å². The molecule has 1 aromatic rings. The summed E-state index contributed by atoms with van der Waals surface area (Å²) in [6.07, 6.45) is 9.75. The van der Waals surface area contributed by atoms with E-state index in [1.807, 2.05) is 41.0 Å². The maximum absolute atomic E-state index is 13.4. The smallest absolute Gasteiger partial charge is 0.257 e. The molecule has 0 radical (unpaired) electrons. The van der Waals surface area contributed by atoms with Crippen molar-refractivity contribution in [2.24, 2.45) is 0 Å². The van der Waals surface area contributed by atoms with Crippen LogP contribution in [0, 0.1) is 0 Å². The van der Waals surface area contributed by atoms with Crippen molar-refractivity contribution in [2.75, 3.05) is 39.4 Å². The fourth-order valence-electron chi connectivity index (χ4n) is 5.34. The molecule has 3 heterocycles. The van der Waals surface area contributed by atoms with Crippen LogP contribution in [0.25, 0.3) is 0 Å². The highest BCUT2D eigenvalue weighted by Crippen LogP contribution is 2.27. The normalized spacial score (nSPS) is 27.1.